The van der Waals surface area contributed by atoms with E-state index in [0.717, 1.165) is 0 Å². The zero-order chi connectivity index (χ0) is 12.3. The van der Waals surface area contributed by atoms with Gasteiger partial charge in [-0.25, -0.2) is 0 Å². The number of phenols is 1. The molecule has 90 valence electrons. The van der Waals surface area contributed by atoms with Gasteiger partial charge in [-0.3, -0.25) is 0 Å². The lowest BCUT2D eigenvalue weighted by molar-refractivity contribution is 0.0326. The van der Waals surface area contributed by atoms with Crippen molar-refractivity contribution in [2.45, 2.75) is 12.2 Å². The van der Waals surface area contributed by atoms with Crippen LogP contribution in [0.15, 0.2) is 12.1 Å². The number of rotatable bonds is 4. The molecular formula is C10H12Cl2O4. The van der Waals surface area contributed by atoms with Gasteiger partial charge in [-0.2, -0.15) is 0 Å². The molecule has 0 aliphatic heterocycles. The number of aliphatic hydroxyl groups excluding tert-OH is 2. The van der Waals surface area contributed by atoms with Gasteiger partial charge in [0.05, 0.1) is 24.1 Å². The van der Waals surface area contributed by atoms with Gasteiger partial charge in [0.25, 0.3) is 0 Å². The Morgan fingerprint density at radius 2 is 2.00 bits per heavy atom. The highest BCUT2D eigenvalue weighted by Crippen LogP contribution is 2.37. The molecule has 6 heteroatoms. The van der Waals surface area contributed by atoms with Crippen molar-refractivity contribution < 1.29 is 20.1 Å². The number of alkyl halides is 1. The molecule has 0 bridgehead atoms. The summed E-state index contributed by atoms with van der Waals surface area (Å²) in [4.78, 5) is 0. The van der Waals surface area contributed by atoms with Crippen LogP contribution in [0.4, 0.5) is 0 Å². The Kier molecular flexibility index (Phi) is 4.68. The summed E-state index contributed by atoms with van der Waals surface area (Å²) in [5.74, 6) is -0.189. The van der Waals surface area contributed by atoms with Crippen molar-refractivity contribution in [2.75, 3.05) is 13.0 Å². The molecule has 0 aromatic heterocycles. The summed E-state index contributed by atoms with van der Waals surface area (Å²) in [6.07, 6.45) is -2.28. The SMILES string of the molecule is COc1cc(C(O)C(O)CCl)cc(Cl)c1O. The highest BCUT2D eigenvalue weighted by atomic mass is 35.5. The van der Waals surface area contributed by atoms with E-state index in [2.05, 4.69) is 0 Å². The second-order valence-corrected chi connectivity index (χ2v) is 3.94. The van der Waals surface area contributed by atoms with Crippen LogP contribution >= 0.6 is 23.2 Å². The highest BCUT2D eigenvalue weighted by Gasteiger charge is 2.20. The number of halogens is 2. The first-order valence-corrected chi connectivity index (χ1v) is 5.41. The molecule has 2 unspecified atom stereocenters. The molecule has 0 fully saturated rings. The summed E-state index contributed by atoms with van der Waals surface area (Å²) in [6.45, 7) is 0. The normalized spacial score (nSPS) is 14.6. The first kappa shape index (κ1) is 13.4. The largest absolute Gasteiger partial charge is 0.503 e. The smallest absolute Gasteiger partial charge is 0.176 e. The Hall–Kier alpha value is -0.680. The lowest BCUT2D eigenvalue weighted by Crippen LogP contribution is -2.19. The number of hydrogen-bond donors (Lipinski definition) is 3. The first-order chi connectivity index (χ1) is 7.51. The van der Waals surface area contributed by atoms with Crippen LogP contribution < -0.4 is 4.74 Å². The monoisotopic (exact) mass is 266 g/mol. The predicted molar refractivity (Wildman–Crippen MR) is 61.4 cm³/mol. The van der Waals surface area contributed by atoms with Crippen LogP contribution in [-0.4, -0.2) is 34.4 Å². The molecule has 0 aliphatic rings. The Morgan fingerprint density at radius 1 is 1.38 bits per heavy atom. The molecule has 0 saturated heterocycles. The van der Waals surface area contributed by atoms with Gasteiger partial charge >= 0.3 is 0 Å². The summed E-state index contributed by atoms with van der Waals surface area (Å²) < 4.78 is 4.87. The topological polar surface area (TPSA) is 69.9 Å². The number of phenolic OH excluding ortho intramolecular Hbond substituents is 1. The van der Waals surface area contributed by atoms with Crippen LogP contribution in [0.5, 0.6) is 11.5 Å². The van der Waals surface area contributed by atoms with Crippen molar-refractivity contribution in [2.24, 2.45) is 0 Å². The van der Waals surface area contributed by atoms with Gasteiger partial charge in [0.2, 0.25) is 0 Å². The molecule has 4 nitrogen and oxygen atoms in total. The summed E-state index contributed by atoms with van der Waals surface area (Å²) in [5, 5.41) is 28.6. The van der Waals surface area contributed by atoms with E-state index in [1.807, 2.05) is 0 Å². The van der Waals surface area contributed by atoms with Crippen LogP contribution in [-0.2, 0) is 0 Å². The lowest BCUT2D eigenvalue weighted by Gasteiger charge is -2.17. The molecule has 16 heavy (non-hydrogen) atoms. The molecule has 2 atom stereocenters. The summed E-state index contributed by atoms with van der Waals surface area (Å²) >= 11 is 11.2. The molecule has 1 aromatic rings. The second-order valence-electron chi connectivity index (χ2n) is 3.22. The van der Waals surface area contributed by atoms with Crippen LogP contribution in [0.2, 0.25) is 5.02 Å². The van der Waals surface area contributed by atoms with Crippen molar-refractivity contribution in [3.8, 4) is 11.5 Å². The fourth-order valence-corrected chi connectivity index (χ4v) is 1.61. The number of hydrogen-bond acceptors (Lipinski definition) is 4. The minimum absolute atomic E-state index is 0.0372. The summed E-state index contributed by atoms with van der Waals surface area (Å²) in [7, 11) is 1.36. The third kappa shape index (κ3) is 2.71. The standard InChI is InChI=1S/C10H12Cl2O4/c1-16-8-3-5(2-6(12)10(8)15)9(14)7(13)4-11/h2-3,7,9,13-15H,4H2,1H3. The Balaban J connectivity index is 3.10. The average Bonchev–Trinajstić information content (AvgIpc) is 2.30. The van der Waals surface area contributed by atoms with E-state index in [1.54, 1.807) is 0 Å². The zero-order valence-electron chi connectivity index (χ0n) is 8.52. The predicted octanol–water partition coefficient (Wildman–Crippen LogP) is 1.69. The van der Waals surface area contributed by atoms with E-state index < -0.39 is 12.2 Å². The molecule has 1 rings (SSSR count). The first-order valence-electron chi connectivity index (χ1n) is 4.49. The van der Waals surface area contributed by atoms with Crippen LogP contribution in [0.1, 0.15) is 11.7 Å². The molecule has 0 heterocycles. The van der Waals surface area contributed by atoms with E-state index in [9.17, 15) is 15.3 Å². The fourth-order valence-electron chi connectivity index (χ4n) is 1.23. The van der Waals surface area contributed by atoms with Gasteiger partial charge in [0.15, 0.2) is 11.5 Å². The van der Waals surface area contributed by atoms with Crippen LogP contribution in [0, 0.1) is 0 Å². The van der Waals surface area contributed by atoms with Crippen LogP contribution in [0.25, 0.3) is 0 Å². The molecule has 0 saturated carbocycles. The van der Waals surface area contributed by atoms with E-state index in [0.29, 0.717) is 5.56 Å². The minimum atomic E-state index is -1.18. The second kappa shape index (κ2) is 5.59. The third-order valence-corrected chi connectivity index (χ3v) is 2.74. The van der Waals surface area contributed by atoms with Gasteiger partial charge in [-0.1, -0.05) is 11.6 Å². The van der Waals surface area contributed by atoms with Crippen molar-refractivity contribution in [3.05, 3.63) is 22.7 Å². The highest BCUT2D eigenvalue weighted by molar-refractivity contribution is 6.32. The van der Waals surface area contributed by atoms with Gasteiger partial charge in [0, 0.05) is 0 Å². The van der Waals surface area contributed by atoms with E-state index >= 15 is 0 Å². The molecule has 1 aromatic carbocycles. The van der Waals surface area contributed by atoms with Gasteiger partial charge < -0.3 is 20.1 Å². The Morgan fingerprint density at radius 3 is 2.50 bits per heavy atom. The van der Waals surface area contributed by atoms with E-state index in [-0.39, 0.29) is 22.4 Å². The lowest BCUT2D eigenvalue weighted by atomic mass is 10.0. The third-order valence-electron chi connectivity index (χ3n) is 2.13. The van der Waals surface area contributed by atoms with Crippen LogP contribution in [0.3, 0.4) is 0 Å². The van der Waals surface area contributed by atoms with Gasteiger partial charge in [-0.15, -0.1) is 11.6 Å². The van der Waals surface area contributed by atoms with E-state index in [1.165, 1.54) is 19.2 Å². The number of benzene rings is 1. The zero-order valence-corrected chi connectivity index (χ0v) is 10.0. The minimum Gasteiger partial charge on any atom is -0.503 e. The molecular weight excluding hydrogens is 255 g/mol. The number of methoxy groups -OCH3 is 1. The summed E-state index contributed by atoms with van der Waals surface area (Å²) in [6, 6.07) is 2.74. The van der Waals surface area contributed by atoms with Crippen molar-refractivity contribution in [1.29, 1.82) is 0 Å². The van der Waals surface area contributed by atoms with Crippen molar-refractivity contribution in [1.82, 2.24) is 0 Å². The number of ether oxygens (including phenoxy) is 1. The number of aromatic hydroxyl groups is 1. The molecule has 0 aliphatic carbocycles. The molecule has 3 N–H and O–H groups in total. The van der Waals surface area contributed by atoms with Gasteiger partial charge in [0.1, 0.15) is 6.10 Å². The maximum Gasteiger partial charge on any atom is 0.176 e. The van der Waals surface area contributed by atoms with E-state index in [4.69, 9.17) is 27.9 Å². The van der Waals surface area contributed by atoms with Gasteiger partial charge in [-0.05, 0) is 17.7 Å². The summed E-state index contributed by atoms with van der Waals surface area (Å²) in [5.41, 5.74) is 0.327. The molecule has 0 spiro atoms. The van der Waals surface area contributed by atoms with Crippen molar-refractivity contribution in [3.63, 3.8) is 0 Å². The average molecular weight is 267 g/mol. The quantitative estimate of drug-likeness (QED) is 0.726. The molecule has 0 radical (unpaired) electrons. The van der Waals surface area contributed by atoms with Crippen molar-refractivity contribution >= 4 is 23.2 Å². The Bertz CT molecular complexity index is 370. The Labute approximate surface area is 103 Å². The number of aliphatic hydroxyl groups is 2. The fraction of sp³-hybridized carbons (Fsp3) is 0.400. The maximum absolute atomic E-state index is 9.69. The maximum atomic E-state index is 9.69. The molecule has 0 amide bonds.